The van der Waals surface area contributed by atoms with E-state index in [4.69, 9.17) is 19.1 Å². The smallest absolute Gasteiger partial charge is 0.503 e. The zero-order valence-corrected chi connectivity index (χ0v) is 34.0. The normalized spacial score (nSPS) is 13.1. The van der Waals surface area contributed by atoms with Gasteiger partial charge in [-0.25, -0.2) is 4.98 Å². The zero-order chi connectivity index (χ0) is 37.5. The molecule has 6 nitrogen and oxygen atoms in total. The second kappa shape index (κ2) is 13.4. The van der Waals surface area contributed by atoms with Crippen LogP contribution in [0, 0.1) is 12.1 Å². The summed E-state index contributed by atoms with van der Waals surface area (Å²) in [7, 11) is -2.98. The third-order valence-corrected chi connectivity index (χ3v) is 16.2. The monoisotopic (exact) mass is 941 g/mol. The molecule has 0 fully saturated rings. The number of rotatable bonds is 5. The summed E-state index contributed by atoms with van der Waals surface area (Å²) < 4.78 is 15.6. The molecule has 5 heterocycles. The minimum atomic E-state index is -2.98. The Morgan fingerprint density at radius 1 is 0.552 bits per heavy atom. The average Bonchev–Trinajstić information content (AvgIpc) is 3.93. The fraction of sp³-hybridized carbons (Fsp3) is 0. The van der Waals surface area contributed by atoms with Crippen molar-refractivity contribution in [3.05, 3.63) is 195 Å². The molecular weight excluding hydrogens is 912 g/mol. The van der Waals surface area contributed by atoms with E-state index in [1.165, 1.54) is 20.7 Å². The molecule has 1 aliphatic heterocycles. The summed E-state index contributed by atoms with van der Waals surface area (Å²) in [5, 5.41) is 10.2. The van der Waals surface area contributed by atoms with Crippen LogP contribution in [0.3, 0.4) is 0 Å². The number of furan rings is 1. The van der Waals surface area contributed by atoms with Crippen LogP contribution in [0.25, 0.3) is 49.3 Å². The number of fused-ring (bicyclic) bond motifs is 12. The summed E-state index contributed by atoms with van der Waals surface area (Å²) in [6, 6.07) is 64.7. The van der Waals surface area contributed by atoms with Gasteiger partial charge < -0.3 is 18.5 Å². The van der Waals surface area contributed by atoms with Crippen molar-refractivity contribution in [3.8, 4) is 11.5 Å². The summed E-state index contributed by atoms with van der Waals surface area (Å²) >= 11 is 0. The molecule has 0 saturated heterocycles. The summed E-state index contributed by atoms with van der Waals surface area (Å²) in [6.07, 6.45) is 5.70. The van der Waals surface area contributed by atoms with Gasteiger partial charge in [0.25, 0.3) is 0 Å². The van der Waals surface area contributed by atoms with Crippen molar-refractivity contribution in [1.82, 2.24) is 14.4 Å². The fourth-order valence-electron chi connectivity index (χ4n) is 9.09. The van der Waals surface area contributed by atoms with Gasteiger partial charge in [-0.15, -0.1) is 30.3 Å². The van der Waals surface area contributed by atoms with E-state index in [-0.39, 0.29) is 21.1 Å². The van der Waals surface area contributed by atoms with Gasteiger partial charge in [0, 0.05) is 46.4 Å². The second-order valence-corrected chi connectivity index (χ2v) is 18.1. The minimum Gasteiger partial charge on any atom is -0.503 e. The number of aromatic nitrogens is 3. The number of anilines is 3. The van der Waals surface area contributed by atoms with Crippen molar-refractivity contribution in [2.75, 3.05) is 4.90 Å². The molecule has 0 bridgehead atoms. The fourth-order valence-corrected chi connectivity index (χ4v) is 14.1. The predicted molar refractivity (Wildman–Crippen MR) is 231 cm³/mol. The van der Waals surface area contributed by atoms with Gasteiger partial charge >= 0.3 is 21.1 Å². The Bertz CT molecular complexity index is 3330. The molecule has 0 unspecified atom stereocenters. The van der Waals surface area contributed by atoms with Crippen LogP contribution < -0.4 is 30.4 Å². The maximum Gasteiger partial charge on any atom is 2.00 e. The number of imidazole rings is 1. The molecule has 11 aromatic rings. The Labute approximate surface area is 348 Å². The number of ether oxygens (including phenoxy) is 1. The summed E-state index contributed by atoms with van der Waals surface area (Å²) in [4.78, 5) is 12.2. The Balaban J connectivity index is 0.00000385. The van der Waals surface area contributed by atoms with Crippen molar-refractivity contribution in [2.45, 2.75) is 0 Å². The van der Waals surface area contributed by atoms with Crippen molar-refractivity contribution in [2.24, 2.45) is 0 Å². The summed E-state index contributed by atoms with van der Waals surface area (Å²) in [5.41, 5.74) is 5.33. The number of benzene rings is 7. The second-order valence-electron chi connectivity index (χ2n) is 14.4. The van der Waals surface area contributed by atoms with Crippen LogP contribution in [0.5, 0.6) is 11.5 Å². The van der Waals surface area contributed by atoms with Crippen LogP contribution in [0.4, 0.5) is 17.2 Å². The van der Waals surface area contributed by atoms with E-state index in [9.17, 15) is 0 Å². The first kappa shape index (κ1) is 34.5. The third kappa shape index (κ3) is 4.94. The Morgan fingerprint density at radius 2 is 1.28 bits per heavy atom. The van der Waals surface area contributed by atoms with Crippen LogP contribution in [-0.4, -0.2) is 22.4 Å². The number of nitrogens with zero attached hydrogens (tertiary/aromatic N) is 4. The van der Waals surface area contributed by atoms with Gasteiger partial charge in [-0.1, -0.05) is 138 Å². The molecule has 12 rings (SSSR count). The Morgan fingerprint density at radius 3 is 2.10 bits per heavy atom. The van der Waals surface area contributed by atoms with Crippen LogP contribution in [0.1, 0.15) is 0 Å². The van der Waals surface area contributed by atoms with Gasteiger partial charge in [0.05, 0.1) is 11.3 Å². The number of hydrogen-bond acceptors (Lipinski definition) is 5. The standard InChI is InChI=1S/C50H30N4O2Si.Pt/c1-3-15-36(16-4-1)57(37-17-5-2-6-18-37)45-27-26-41-40-20-8-10-22-44(40)56-48(41)47(45)54(50-46(57)23-12-28-51-50)33-13-11-14-34(31-33)55-35-24-25-38-39-19-7-9-21-43(39)53-30-29-52-49(53)42(38)32-35;/h1-30H;/q-2;+2. The third-order valence-electron chi connectivity index (χ3n) is 11.4. The van der Waals surface area contributed by atoms with Gasteiger partial charge in [0.15, 0.2) is 13.7 Å². The molecule has 8 heteroatoms. The Hall–Kier alpha value is -6.79. The minimum absolute atomic E-state index is 0. The average molecular weight is 942 g/mol. The maximum absolute atomic E-state index is 6.90. The van der Waals surface area contributed by atoms with E-state index in [2.05, 4.69) is 155 Å². The molecule has 276 valence electrons. The van der Waals surface area contributed by atoms with E-state index < -0.39 is 8.07 Å². The van der Waals surface area contributed by atoms with Gasteiger partial charge in [0.2, 0.25) is 0 Å². The first-order valence-corrected chi connectivity index (χ1v) is 21.0. The largest absolute Gasteiger partial charge is 2.00 e. The molecule has 0 spiro atoms. The zero-order valence-electron chi connectivity index (χ0n) is 30.7. The van der Waals surface area contributed by atoms with E-state index in [0.717, 1.165) is 66.5 Å². The molecule has 58 heavy (non-hydrogen) atoms. The molecule has 0 radical (unpaired) electrons. The van der Waals surface area contributed by atoms with Crippen LogP contribution in [-0.2, 0) is 21.1 Å². The van der Waals surface area contributed by atoms with Gasteiger partial charge in [-0.2, -0.15) is 6.07 Å². The van der Waals surface area contributed by atoms with E-state index in [1.54, 1.807) is 0 Å². The van der Waals surface area contributed by atoms with Crippen molar-refractivity contribution >= 4 is 95.3 Å². The molecule has 0 aliphatic carbocycles. The maximum atomic E-state index is 6.90. The van der Waals surface area contributed by atoms with Gasteiger partial charge in [-0.3, -0.25) is 4.98 Å². The van der Waals surface area contributed by atoms with Crippen molar-refractivity contribution < 1.29 is 30.2 Å². The quantitative estimate of drug-likeness (QED) is 0.0979. The van der Waals surface area contributed by atoms with E-state index in [1.807, 2.05) is 48.9 Å². The van der Waals surface area contributed by atoms with Gasteiger partial charge in [-0.05, 0) is 44.3 Å². The van der Waals surface area contributed by atoms with Gasteiger partial charge in [0.1, 0.15) is 11.4 Å². The van der Waals surface area contributed by atoms with E-state index in [0.29, 0.717) is 11.5 Å². The topological polar surface area (TPSA) is 55.8 Å². The van der Waals surface area contributed by atoms with E-state index >= 15 is 0 Å². The van der Waals surface area contributed by atoms with Crippen LogP contribution in [0.15, 0.2) is 187 Å². The first-order valence-electron chi connectivity index (χ1n) is 19.0. The molecule has 0 saturated carbocycles. The first-order chi connectivity index (χ1) is 28.3. The SMILES string of the molecule is [Pt+2].[c-]1c(Oc2[c-]c3c(cc2)c2ccccc2n2ccnc32)cccc1N1c2ncccc2[Si](c2ccccc2)(c2ccccc2)c2ccc3c(oc4ccccc43)c21. The van der Waals surface area contributed by atoms with Crippen LogP contribution >= 0.6 is 0 Å². The summed E-state index contributed by atoms with van der Waals surface area (Å²) in [6.45, 7) is 0. The molecular formula is C50H30N4O2PtSi. The van der Waals surface area contributed by atoms with Crippen molar-refractivity contribution in [1.29, 1.82) is 0 Å². The molecule has 4 aromatic heterocycles. The molecule has 7 aromatic carbocycles. The van der Waals surface area contributed by atoms with Crippen LogP contribution in [0.2, 0.25) is 0 Å². The molecule has 0 atom stereocenters. The molecule has 1 aliphatic rings. The molecule has 0 N–H and O–H groups in total. The Kier molecular flexibility index (Phi) is 7.97. The number of para-hydroxylation sites is 2. The number of hydrogen-bond donors (Lipinski definition) is 0. The molecule has 0 amide bonds. The predicted octanol–water partition coefficient (Wildman–Crippen LogP) is 9.49. The van der Waals surface area contributed by atoms with Crippen molar-refractivity contribution in [3.63, 3.8) is 0 Å². The summed E-state index contributed by atoms with van der Waals surface area (Å²) in [5.74, 6) is 1.98. The number of pyridine rings is 2.